The van der Waals surface area contributed by atoms with Gasteiger partial charge < -0.3 is 0 Å². The average Bonchev–Trinajstić information content (AvgIpc) is 1.50. The lowest BCUT2D eigenvalue weighted by Crippen LogP contribution is -2.16. The highest BCUT2D eigenvalue weighted by atomic mass is 14.4. The summed E-state index contributed by atoms with van der Waals surface area (Å²) in [7, 11) is 0. The molecular weight excluding hydrogens is 1270 g/mol. The standard InChI is InChI=1S/C106H110/c1-97(2,3)51-31-63-59-49-69-61(65-33-53(99(7,8)9)39-77-87(65)91(69)79-41-55(101(13,14)15)35-71-83-73(95(77)93(71)79)43-57(103(19,20)21)45-81(83)105(25,26)27)47-67(59)90-76-38-52(98(4,5)6)32-64-60-50-70-62(48-68(60)89(86(64)76)75(37-51)85(63)90)66-34-54(100(10,11)12)40-78-88(66)92(70)80-42-56(102(16,17)18)36-72-84-74(96(78)94(72)80)44-58(104(22,23)24)46-82(84)106(28,29)30/h31-50H,1-30H3. The minimum absolute atomic E-state index is 0.0390. The van der Waals surface area contributed by atoms with E-state index >= 15 is 0 Å². The Kier molecular flexibility index (Phi) is 12.8. The second-order valence-electron chi connectivity index (χ2n) is 44.2. The van der Waals surface area contributed by atoms with E-state index in [0.29, 0.717) is 0 Å². The zero-order valence-electron chi connectivity index (χ0n) is 69.5. The van der Waals surface area contributed by atoms with Crippen LogP contribution in [0.3, 0.4) is 0 Å². The third-order valence-electron chi connectivity index (χ3n) is 26.4. The van der Waals surface area contributed by atoms with Crippen LogP contribution in [-0.2, 0) is 54.1 Å². The number of hydrogen-bond donors (Lipinski definition) is 0. The molecule has 534 valence electrons. The lowest BCUT2D eigenvalue weighted by Gasteiger charge is -2.26. The first kappa shape index (κ1) is 68.0. The Hall–Kier alpha value is -8.58. The fraction of sp³-hybridized carbons (Fsp3) is 0.377. The van der Waals surface area contributed by atoms with Crippen molar-refractivity contribution in [2.24, 2.45) is 0 Å². The summed E-state index contributed by atoms with van der Waals surface area (Å²) in [5, 5.41) is 50.4. The molecule has 0 radical (unpaired) electrons. The smallest absolute Gasteiger partial charge is 0.00133 e. The van der Waals surface area contributed by atoms with Gasteiger partial charge in [0, 0.05) is 0 Å². The molecule has 19 aromatic carbocycles. The monoisotopic (exact) mass is 1380 g/mol. The summed E-state index contributed by atoms with van der Waals surface area (Å²) < 4.78 is 0. The van der Waals surface area contributed by atoms with E-state index in [1.165, 1.54) is 250 Å². The van der Waals surface area contributed by atoms with Crippen molar-refractivity contribution < 1.29 is 0 Å². The maximum atomic E-state index is 2.72. The summed E-state index contributed by atoms with van der Waals surface area (Å²) in [4.78, 5) is 0. The molecule has 0 bridgehead atoms. The summed E-state index contributed by atoms with van der Waals surface area (Å²) in [6.45, 7) is 72.8. The van der Waals surface area contributed by atoms with Gasteiger partial charge in [0.05, 0.1) is 0 Å². The SMILES string of the molecule is CC(C)(C)c1cc(C(C)(C)C)c2c(c1)c1c3cc(C(C)(C)C)cc4c5cc6c(cc5c(c5cc(C(C)(C)C)cc2c51)c43)c1cc(C(C)(C)C)cc2c1c6c1cc(C(C)(C)C)cc3c4cc5c(cc4c2c31)c1cc(C(C)(C)C)cc2c1c5c1cc(C(C)(C)C)cc3c4c(C(C)(C)C)cc(C(C)(C)C)cc4c2c31. The molecule has 0 spiro atoms. The van der Waals surface area contributed by atoms with Gasteiger partial charge >= 0.3 is 0 Å². The molecule has 19 aromatic rings. The van der Waals surface area contributed by atoms with E-state index < -0.39 is 0 Å². The van der Waals surface area contributed by atoms with Crippen molar-refractivity contribution in [3.05, 3.63) is 177 Å². The highest BCUT2D eigenvalue weighted by Crippen LogP contribution is 2.61. The van der Waals surface area contributed by atoms with E-state index in [1.54, 1.807) is 0 Å². The molecule has 0 saturated carbocycles. The molecule has 0 saturated heterocycles. The minimum atomic E-state index is -0.139. The third-order valence-corrected chi connectivity index (χ3v) is 26.4. The first-order chi connectivity index (χ1) is 48.9. The van der Waals surface area contributed by atoms with Crippen LogP contribution in [0, 0.1) is 0 Å². The van der Waals surface area contributed by atoms with Crippen LogP contribution in [0.1, 0.15) is 263 Å². The molecule has 0 N–H and O–H groups in total. The van der Waals surface area contributed by atoms with Gasteiger partial charge in [-0.1, -0.05) is 220 Å². The van der Waals surface area contributed by atoms with E-state index in [-0.39, 0.29) is 54.1 Å². The van der Waals surface area contributed by atoms with Crippen LogP contribution in [0.15, 0.2) is 121 Å². The lowest BCUT2D eigenvalue weighted by atomic mass is 9.78. The molecule has 19 rings (SSSR count). The van der Waals surface area contributed by atoms with Crippen LogP contribution in [0.2, 0.25) is 0 Å². The zero-order valence-corrected chi connectivity index (χ0v) is 69.5. The number of fused-ring (bicyclic) bond motifs is 24. The fourth-order valence-electron chi connectivity index (χ4n) is 20.2. The topological polar surface area (TPSA) is 0 Å². The average molecular weight is 1380 g/mol. The molecule has 0 unspecified atom stereocenters. The molecule has 106 heavy (non-hydrogen) atoms. The summed E-state index contributed by atoms with van der Waals surface area (Å²) in [6.07, 6.45) is 0. The van der Waals surface area contributed by atoms with Gasteiger partial charge in [-0.05, 0) is 413 Å². The van der Waals surface area contributed by atoms with E-state index in [9.17, 15) is 0 Å². The van der Waals surface area contributed by atoms with Crippen molar-refractivity contribution >= 4 is 194 Å². The lowest BCUT2D eigenvalue weighted by molar-refractivity contribution is 0.572. The summed E-state index contributed by atoms with van der Waals surface area (Å²) >= 11 is 0. The Bertz CT molecular complexity index is 6700. The van der Waals surface area contributed by atoms with Crippen LogP contribution in [0.4, 0.5) is 0 Å². The highest BCUT2D eigenvalue weighted by molar-refractivity contribution is 6.54. The summed E-state index contributed by atoms with van der Waals surface area (Å²) in [5.74, 6) is 0. The molecule has 0 heteroatoms. The van der Waals surface area contributed by atoms with E-state index in [1.807, 2.05) is 0 Å². The van der Waals surface area contributed by atoms with Gasteiger partial charge in [-0.25, -0.2) is 0 Å². The molecule has 0 heterocycles. The van der Waals surface area contributed by atoms with Gasteiger partial charge in [0.25, 0.3) is 0 Å². The molecule has 0 fully saturated rings. The van der Waals surface area contributed by atoms with Gasteiger partial charge in [-0.15, -0.1) is 0 Å². The van der Waals surface area contributed by atoms with Crippen LogP contribution >= 0.6 is 0 Å². The van der Waals surface area contributed by atoms with Crippen LogP contribution < -0.4 is 0 Å². The second-order valence-corrected chi connectivity index (χ2v) is 44.2. The maximum absolute atomic E-state index is 2.72. The predicted molar refractivity (Wildman–Crippen MR) is 476 cm³/mol. The van der Waals surface area contributed by atoms with Gasteiger partial charge in [-0.2, -0.15) is 0 Å². The van der Waals surface area contributed by atoms with E-state index in [2.05, 4.69) is 329 Å². The second kappa shape index (κ2) is 20.0. The van der Waals surface area contributed by atoms with Crippen LogP contribution in [0.25, 0.3) is 194 Å². The Balaban J connectivity index is 1.03. The number of benzene rings is 13. The first-order valence-electron chi connectivity index (χ1n) is 40.0. The Morgan fingerprint density at radius 2 is 0.217 bits per heavy atom. The van der Waals surface area contributed by atoms with Gasteiger partial charge in [0.2, 0.25) is 0 Å². The molecular formula is C106H110. The van der Waals surface area contributed by atoms with Crippen LogP contribution in [-0.4, -0.2) is 0 Å². The van der Waals surface area contributed by atoms with Gasteiger partial charge in [0.1, 0.15) is 0 Å². The molecule has 0 aliphatic heterocycles. The Morgan fingerprint density at radius 1 is 0.104 bits per heavy atom. The Labute approximate surface area is 628 Å². The molecule has 0 nitrogen and oxygen atoms in total. The first-order valence-corrected chi connectivity index (χ1v) is 40.0. The van der Waals surface area contributed by atoms with Crippen LogP contribution in [0.5, 0.6) is 0 Å². The molecule has 0 aliphatic rings. The largest absolute Gasteiger partial charge is 0.0561 e. The number of hydrogen-bond acceptors (Lipinski definition) is 0. The van der Waals surface area contributed by atoms with Crippen molar-refractivity contribution in [1.29, 1.82) is 0 Å². The zero-order chi connectivity index (χ0) is 75.7. The van der Waals surface area contributed by atoms with Crippen molar-refractivity contribution in [2.75, 3.05) is 0 Å². The molecule has 0 aromatic heterocycles. The molecule has 0 atom stereocenters. The van der Waals surface area contributed by atoms with Crippen molar-refractivity contribution in [3.8, 4) is 0 Å². The van der Waals surface area contributed by atoms with Crippen molar-refractivity contribution in [1.82, 2.24) is 0 Å². The molecule has 0 aliphatic carbocycles. The van der Waals surface area contributed by atoms with E-state index in [4.69, 9.17) is 0 Å². The Morgan fingerprint density at radius 3 is 0.358 bits per heavy atom. The highest BCUT2D eigenvalue weighted by Gasteiger charge is 2.37. The van der Waals surface area contributed by atoms with Crippen molar-refractivity contribution in [3.63, 3.8) is 0 Å². The van der Waals surface area contributed by atoms with Crippen molar-refractivity contribution in [2.45, 2.75) is 262 Å². The van der Waals surface area contributed by atoms with Gasteiger partial charge in [0.15, 0.2) is 0 Å². The van der Waals surface area contributed by atoms with Gasteiger partial charge in [-0.3, -0.25) is 0 Å². The maximum Gasteiger partial charge on any atom is -0.00133 e. The van der Waals surface area contributed by atoms with E-state index in [0.717, 1.165) is 0 Å². The molecule has 0 amide bonds. The fourth-order valence-corrected chi connectivity index (χ4v) is 20.2. The quantitative estimate of drug-likeness (QED) is 0.133. The normalized spacial score (nSPS) is 14.7. The third kappa shape index (κ3) is 9.00. The summed E-state index contributed by atoms with van der Waals surface area (Å²) in [6, 6.07) is 52.9. The minimum Gasteiger partial charge on any atom is -0.0561 e. The summed E-state index contributed by atoms with van der Waals surface area (Å²) in [5.41, 5.74) is 13.1. The number of rotatable bonds is 0. The predicted octanol–water partition coefficient (Wildman–Crippen LogP) is 32.0.